The molecule has 6 rings (SSSR count). The Labute approximate surface area is 280 Å². The maximum absolute atomic E-state index is 15.7. The first-order valence-corrected chi connectivity index (χ1v) is 18.1. The average Bonchev–Trinajstić information content (AvgIpc) is 3.78. The first-order chi connectivity index (χ1) is 22.6. The van der Waals surface area contributed by atoms with E-state index in [0.717, 1.165) is 69.1 Å². The smallest absolute Gasteiger partial charge is 0.131 e. The van der Waals surface area contributed by atoms with Crippen LogP contribution < -0.4 is 4.74 Å². The molecule has 6 aromatic rings. The topological polar surface area (TPSA) is 35.0 Å². The lowest BCUT2D eigenvalue weighted by Gasteiger charge is -2.14. The second-order valence-electron chi connectivity index (χ2n) is 12.0. The van der Waals surface area contributed by atoms with Crippen molar-refractivity contribution in [1.82, 2.24) is 8.75 Å². The fraction of sp³-hybridized carbons (Fsp3) is 0.300. The van der Waals surface area contributed by atoms with Crippen molar-refractivity contribution in [2.45, 2.75) is 65.7 Å². The van der Waals surface area contributed by atoms with Gasteiger partial charge in [0.05, 0.1) is 18.3 Å². The van der Waals surface area contributed by atoms with E-state index in [1.807, 2.05) is 42.5 Å². The summed E-state index contributed by atoms with van der Waals surface area (Å²) >= 11 is 2.93. The highest BCUT2D eigenvalue weighted by Gasteiger charge is 2.18. The van der Waals surface area contributed by atoms with Crippen molar-refractivity contribution in [2.75, 3.05) is 6.61 Å². The van der Waals surface area contributed by atoms with E-state index in [0.29, 0.717) is 12.2 Å². The molecule has 0 bridgehead atoms. The third-order valence-corrected chi connectivity index (χ3v) is 10.5. The Bertz CT molecular complexity index is 1870. The van der Waals surface area contributed by atoms with Gasteiger partial charge >= 0.3 is 0 Å². The molecule has 0 aliphatic rings. The van der Waals surface area contributed by atoms with Gasteiger partial charge < -0.3 is 4.74 Å². The number of hydrogen-bond acceptors (Lipinski definition) is 5. The molecule has 0 saturated carbocycles. The minimum Gasteiger partial charge on any atom is -0.494 e. The van der Waals surface area contributed by atoms with Crippen LogP contribution in [0.25, 0.3) is 54.2 Å². The van der Waals surface area contributed by atoms with E-state index in [1.54, 1.807) is 17.4 Å². The molecule has 0 N–H and O–H groups in total. The lowest BCUT2D eigenvalue weighted by molar-refractivity contribution is 0.309. The van der Waals surface area contributed by atoms with E-state index in [9.17, 15) is 0 Å². The Morgan fingerprint density at radius 2 is 1.33 bits per heavy atom. The fourth-order valence-electron chi connectivity index (χ4n) is 5.99. The zero-order valence-electron chi connectivity index (χ0n) is 26.9. The number of rotatable bonds is 14. The van der Waals surface area contributed by atoms with E-state index in [-0.39, 0.29) is 5.82 Å². The van der Waals surface area contributed by atoms with Crippen LogP contribution in [0.4, 0.5) is 4.39 Å². The Morgan fingerprint density at radius 3 is 2.04 bits per heavy atom. The van der Waals surface area contributed by atoms with E-state index >= 15 is 4.39 Å². The average molecular weight is 649 g/mol. The van der Waals surface area contributed by atoms with Crippen molar-refractivity contribution >= 4 is 34.1 Å². The van der Waals surface area contributed by atoms with Gasteiger partial charge in [0.15, 0.2) is 0 Å². The van der Waals surface area contributed by atoms with Crippen LogP contribution in [0.1, 0.15) is 64.9 Å². The molecule has 0 fully saturated rings. The lowest BCUT2D eigenvalue weighted by Crippen LogP contribution is -2.03. The number of aromatic nitrogens is 2. The van der Waals surface area contributed by atoms with Gasteiger partial charge in [0.2, 0.25) is 0 Å². The summed E-state index contributed by atoms with van der Waals surface area (Å²) in [5.41, 5.74) is 8.27. The second-order valence-corrected chi connectivity index (χ2v) is 13.6. The molecule has 2 heterocycles. The molecule has 46 heavy (non-hydrogen) atoms. The van der Waals surface area contributed by atoms with Crippen LogP contribution in [-0.4, -0.2) is 15.4 Å². The minimum atomic E-state index is -0.277. The van der Waals surface area contributed by atoms with Crippen LogP contribution in [0.5, 0.6) is 5.75 Å². The van der Waals surface area contributed by atoms with Crippen LogP contribution in [0.3, 0.4) is 0 Å². The monoisotopic (exact) mass is 648 g/mol. The van der Waals surface area contributed by atoms with Gasteiger partial charge in [-0.2, -0.15) is 8.75 Å². The Kier molecular flexibility index (Phi) is 10.6. The highest BCUT2D eigenvalue weighted by atomic mass is 32.1. The van der Waals surface area contributed by atoms with Gasteiger partial charge in [-0.3, -0.25) is 0 Å². The normalized spacial score (nSPS) is 12.1. The summed E-state index contributed by atoms with van der Waals surface area (Å²) in [5, 5.41) is 0. The number of halogens is 1. The number of fused-ring (bicyclic) bond motifs is 1. The van der Waals surface area contributed by atoms with E-state index in [1.165, 1.54) is 53.4 Å². The van der Waals surface area contributed by atoms with Crippen molar-refractivity contribution in [1.29, 1.82) is 0 Å². The largest absolute Gasteiger partial charge is 0.494 e. The van der Waals surface area contributed by atoms with Gasteiger partial charge in [-0.1, -0.05) is 114 Å². The molecule has 1 atom stereocenters. The molecule has 3 nitrogen and oxygen atoms in total. The van der Waals surface area contributed by atoms with Gasteiger partial charge in [0, 0.05) is 26.4 Å². The molecular weight excluding hydrogens is 608 g/mol. The number of unbranched alkanes of at least 4 members (excludes halogenated alkanes) is 2. The number of hydrogen-bond donors (Lipinski definition) is 0. The van der Waals surface area contributed by atoms with Gasteiger partial charge in [0.25, 0.3) is 0 Å². The van der Waals surface area contributed by atoms with Crippen LogP contribution in [-0.2, 0) is 6.42 Å². The molecule has 0 amide bonds. The zero-order chi connectivity index (χ0) is 31.9. The van der Waals surface area contributed by atoms with Crippen molar-refractivity contribution in [3.8, 4) is 48.9 Å². The van der Waals surface area contributed by atoms with Crippen molar-refractivity contribution in [2.24, 2.45) is 5.92 Å². The standard InChI is InChI=1S/C40H41FN2OS2/c1-4-7-9-27(6-3)25-28-10-12-30(13-11-28)37-22-23-38(45-37)35-21-20-34(39-40(35)43-46-42-39)33-19-16-31(26-36(33)41)29-14-17-32(18-15-29)44-24-8-5-2/h10-23,26-27H,4-9,24-25H2,1-3H3. The minimum absolute atomic E-state index is 0.277. The molecule has 0 aliphatic carbocycles. The molecule has 6 heteroatoms. The van der Waals surface area contributed by atoms with E-state index in [4.69, 9.17) is 4.74 Å². The van der Waals surface area contributed by atoms with Crippen LogP contribution in [0.15, 0.2) is 91.0 Å². The Balaban J connectivity index is 1.21. The summed E-state index contributed by atoms with van der Waals surface area (Å²) in [6.45, 7) is 7.43. The van der Waals surface area contributed by atoms with E-state index < -0.39 is 0 Å². The van der Waals surface area contributed by atoms with E-state index in [2.05, 4.69) is 72.0 Å². The van der Waals surface area contributed by atoms with Crippen LogP contribution in [0, 0.1) is 11.7 Å². The van der Waals surface area contributed by atoms with Crippen LogP contribution >= 0.6 is 23.1 Å². The molecule has 0 aliphatic heterocycles. The molecule has 2 aromatic heterocycles. The van der Waals surface area contributed by atoms with Crippen molar-refractivity contribution in [3.63, 3.8) is 0 Å². The summed E-state index contributed by atoms with van der Waals surface area (Å²) in [6, 6.07) is 30.8. The zero-order valence-corrected chi connectivity index (χ0v) is 28.5. The van der Waals surface area contributed by atoms with Gasteiger partial charge in [-0.25, -0.2) is 4.39 Å². The van der Waals surface area contributed by atoms with Gasteiger partial charge in [0.1, 0.15) is 22.6 Å². The Morgan fingerprint density at radius 1 is 0.674 bits per heavy atom. The first-order valence-electron chi connectivity index (χ1n) is 16.6. The highest BCUT2D eigenvalue weighted by molar-refractivity contribution is 7.19. The van der Waals surface area contributed by atoms with Gasteiger partial charge in [-0.15, -0.1) is 11.3 Å². The molecular formula is C40H41FN2OS2. The summed E-state index contributed by atoms with van der Waals surface area (Å²) in [5.74, 6) is 1.32. The highest BCUT2D eigenvalue weighted by Crippen LogP contribution is 2.41. The molecule has 0 saturated heterocycles. The SMILES string of the molecule is CCCCOc1ccc(-c2ccc(-c3ccc(-c4ccc(-c5ccc(CC(CC)CCCC)cc5)s4)c4nsnc34)c(F)c2)cc1. The molecule has 4 aromatic carbocycles. The maximum Gasteiger partial charge on any atom is 0.131 e. The number of benzene rings is 4. The fourth-order valence-corrected chi connectivity index (χ4v) is 7.60. The Hall–Kier alpha value is -3.87. The number of nitrogens with zero attached hydrogens (tertiary/aromatic N) is 2. The summed E-state index contributed by atoms with van der Waals surface area (Å²) < 4.78 is 30.7. The predicted octanol–water partition coefficient (Wildman–Crippen LogP) is 12.5. The molecule has 1 unspecified atom stereocenters. The molecule has 0 radical (unpaired) electrons. The second kappa shape index (κ2) is 15.1. The van der Waals surface area contributed by atoms with Gasteiger partial charge in [-0.05, 0) is 71.3 Å². The summed E-state index contributed by atoms with van der Waals surface area (Å²) in [6.07, 6.45) is 8.39. The molecule has 236 valence electrons. The quantitative estimate of drug-likeness (QED) is 0.110. The third kappa shape index (κ3) is 7.24. The lowest BCUT2D eigenvalue weighted by atomic mass is 9.91. The predicted molar refractivity (Wildman–Crippen MR) is 194 cm³/mol. The van der Waals surface area contributed by atoms with Crippen molar-refractivity contribution < 1.29 is 9.13 Å². The third-order valence-electron chi connectivity index (χ3n) is 8.81. The molecule has 0 spiro atoms. The summed E-state index contributed by atoms with van der Waals surface area (Å²) in [4.78, 5) is 2.36. The number of ether oxygens (including phenoxy) is 1. The summed E-state index contributed by atoms with van der Waals surface area (Å²) in [7, 11) is 0. The first kappa shape index (κ1) is 32.1. The van der Waals surface area contributed by atoms with Crippen LogP contribution in [0.2, 0.25) is 0 Å². The van der Waals surface area contributed by atoms with Crippen molar-refractivity contribution in [3.05, 3.63) is 102 Å². The maximum atomic E-state index is 15.7. The number of thiophene rings is 1.